The molecule has 0 radical (unpaired) electrons. The van der Waals surface area contributed by atoms with E-state index in [4.69, 9.17) is 4.98 Å². The fourth-order valence-corrected chi connectivity index (χ4v) is 4.81. The maximum atomic E-state index is 12.6. The van der Waals surface area contributed by atoms with Crippen molar-refractivity contribution in [3.05, 3.63) is 75.2 Å². The van der Waals surface area contributed by atoms with E-state index >= 15 is 0 Å². The summed E-state index contributed by atoms with van der Waals surface area (Å²) in [5, 5.41) is 2.08. The van der Waals surface area contributed by atoms with Crippen LogP contribution in [0.25, 0.3) is 0 Å². The lowest BCUT2D eigenvalue weighted by Gasteiger charge is -2.30. The zero-order valence-electron chi connectivity index (χ0n) is 14.4. The lowest BCUT2D eigenvalue weighted by Crippen LogP contribution is -2.32. The van der Waals surface area contributed by atoms with E-state index in [2.05, 4.69) is 51.7 Å². The number of carbonyl (C=O) groups is 1. The molecule has 1 aliphatic carbocycles. The highest BCUT2D eigenvalue weighted by molar-refractivity contribution is 7.10. The van der Waals surface area contributed by atoms with Gasteiger partial charge in [0.25, 0.3) is 0 Å². The van der Waals surface area contributed by atoms with Gasteiger partial charge in [-0.2, -0.15) is 0 Å². The Balaban J connectivity index is 1.45. The first-order chi connectivity index (χ1) is 12.8. The van der Waals surface area contributed by atoms with Crippen LogP contribution >= 0.6 is 11.3 Å². The summed E-state index contributed by atoms with van der Waals surface area (Å²) in [6, 6.07) is 12.7. The van der Waals surface area contributed by atoms with Gasteiger partial charge in [-0.25, -0.2) is 9.97 Å². The number of fused-ring (bicyclic) bond motifs is 2. The Bertz CT molecular complexity index is 967. The second-order valence-electron chi connectivity index (χ2n) is 7.01. The topological polar surface area (TPSA) is 46.1 Å². The third-order valence-electron chi connectivity index (χ3n) is 5.39. The van der Waals surface area contributed by atoms with Crippen molar-refractivity contribution in [2.24, 2.45) is 0 Å². The molecule has 0 amide bonds. The van der Waals surface area contributed by atoms with Gasteiger partial charge in [-0.1, -0.05) is 30.3 Å². The van der Waals surface area contributed by atoms with Gasteiger partial charge in [-0.15, -0.1) is 11.3 Å². The molecule has 1 aliphatic heterocycles. The average Bonchev–Trinajstić information content (AvgIpc) is 3.22. The van der Waals surface area contributed by atoms with Crippen LogP contribution in [0.2, 0.25) is 0 Å². The Morgan fingerprint density at radius 2 is 1.96 bits per heavy atom. The van der Waals surface area contributed by atoms with E-state index in [-0.39, 0.29) is 11.7 Å². The second kappa shape index (κ2) is 6.32. The van der Waals surface area contributed by atoms with Gasteiger partial charge in [0, 0.05) is 36.5 Å². The number of Topliss-reactive ketones (excluding diaryl/α,β-unsaturated/α-hetero) is 1. The SMILES string of the molecule is O=C1C[C@@H](c2cccs2)Cc2nc(N3CCc4ccccc4C3)ncc21. The maximum absolute atomic E-state index is 12.6. The van der Waals surface area contributed by atoms with Crippen LogP contribution in [-0.4, -0.2) is 22.3 Å². The molecule has 4 nitrogen and oxygen atoms in total. The number of ketones is 1. The van der Waals surface area contributed by atoms with Crippen LogP contribution in [0.1, 0.15) is 44.4 Å². The van der Waals surface area contributed by atoms with Gasteiger partial charge in [0.05, 0.1) is 11.3 Å². The molecule has 130 valence electrons. The second-order valence-corrected chi connectivity index (χ2v) is 7.99. The Morgan fingerprint density at radius 1 is 1.08 bits per heavy atom. The first-order valence-corrected chi connectivity index (χ1v) is 9.90. The number of thiophene rings is 1. The van der Waals surface area contributed by atoms with E-state index in [0.29, 0.717) is 12.0 Å². The van der Waals surface area contributed by atoms with E-state index in [9.17, 15) is 4.79 Å². The molecule has 0 N–H and O–H groups in total. The van der Waals surface area contributed by atoms with Crippen molar-refractivity contribution >= 4 is 23.1 Å². The molecule has 3 heterocycles. The molecule has 0 bridgehead atoms. The summed E-state index contributed by atoms with van der Waals surface area (Å²) in [4.78, 5) is 25.4. The van der Waals surface area contributed by atoms with Crippen LogP contribution in [0.5, 0.6) is 0 Å². The van der Waals surface area contributed by atoms with Crippen molar-refractivity contribution in [1.82, 2.24) is 9.97 Å². The Labute approximate surface area is 156 Å². The van der Waals surface area contributed by atoms with Gasteiger partial charge in [0.2, 0.25) is 5.95 Å². The zero-order valence-corrected chi connectivity index (χ0v) is 15.2. The summed E-state index contributed by atoms with van der Waals surface area (Å²) < 4.78 is 0. The van der Waals surface area contributed by atoms with Crippen LogP contribution in [0, 0.1) is 0 Å². The zero-order chi connectivity index (χ0) is 17.5. The number of anilines is 1. The van der Waals surface area contributed by atoms with Gasteiger partial charge in [0.1, 0.15) is 0 Å². The lowest BCUT2D eigenvalue weighted by atomic mass is 9.85. The van der Waals surface area contributed by atoms with Crippen molar-refractivity contribution < 1.29 is 4.79 Å². The summed E-state index contributed by atoms with van der Waals surface area (Å²) in [6.07, 6.45) is 4.13. The minimum Gasteiger partial charge on any atom is -0.336 e. The summed E-state index contributed by atoms with van der Waals surface area (Å²) in [5.74, 6) is 1.16. The summed E-state index contributed by atoms with van der Waals surface area (Å²) in [5.41, 5.74) is 4.37. The minimum absolute atomic E-state index is 0.167. The van der Waals surface area contributed by atoms with Crippen LogP contribution in [0.3, 0.4) is 0 Å². The third-order valence-corrected chi connectivity index (χ3v) is 6.42. The molecule has 2 aromatic heterocycles. The molecule has 0 fully saturated rings. The van der Waals surface area contributed by atoms with Crippen LogP contribution < -0.4 is 4.90 Å². The summed E-state index contributed by atoms with van der Waals surface area (Å²) >= 11 is 1.72. The van der Waals surface area contributed by atoms with E-state index < -0.39 is 0 Å². The van der Waals surface area contributed by atoms with Gasteiger partial charge >= 0.3 is 0 Å². The normalized spacial score (nSPS) is 19.2. The van der Waals surface area contributed by atoms with E-state index in [1.165, 1.54) is 16.0 Å². The molecular formula is C21H19N3OS. The largest absolute Gasteiger partial charge is 0.336 e. The van der Waals surface area contributed by atoms with Gasteiger partial charge in [-0.3, -0.25) is 4.79 Å². The molecule has 5 rings (SSSR count). The number of nitrogens with zero attached hydrogens (tertiary/aromatic N) is 3. The predicted octanol–water partition coefficient (Wildman–Crippen LogP) is 4.01. The molecule has 2 aliphatic rings. The highest BCUT2D eigenvalue weighted by Gasteiger charge is 2.29. The number of hydrogen-bond acceptors (Lipinski definition) is 5. The van der Waals surface area contributed by atoms with E-state index in [0.717, 1.165) is 37.6 Å². The summed E-state index contributed by atoms with van der Waals surface area (Å²) in [6.45, 7) is 1.75. The summed E-state index contributed by atoms with van der Waals surface area (Å²) in [7, 11) is 0. The Morgan fingerprint density at radius 3 is 2.81 bits per heavy atom. The van der Waals surface area contributed by atoms with Crippen molar-refractivity contribution in [3.8, 4) is 0 Å². The standard InChI is InChI=1S/C21H19N3OS/c25-19-11-16(20-6-3-9-26-20)10-18-17(19)12-22-21(23-18)24-8-7-14-4-1-2-5-15(14)13-24/h1-6,9,12,16H,7-8,10-11,13H2/t16-/m0/s1. The third kappa shape index (κ3) is 2.72. The maximum Gasteiger partial charge on any atom is 0.225 e. The van der Waals surface area contributed by atoms with Crippen LogP contribution in [-0.2, 0) is 19.4 Å². The molecule has 0 saturated heterocycles. The molecule has 0 spiro atoms. The number of aromatic nitrogens is 2. The fraction of sp³-hybridized carbons (Fsp3) is 0.286. The van der Waals surface area contributed by atoms with Gasteiger partial charge < -0.3 is 4.90 Å². The molecule has 3 aromatic rings. The average molecular weight is 361 g/mol. The number of carbonyl (C=O) groups excluding carboxylic acids is 1. The quantitative estimate of drug-likeness (QED) is 0.692. The minimum atomic E-state index is 0.167. The molecule has 0 saturated carbocycles. The molecule has 5 heteroatoms. The van der Waals surface area contributed by atoms with Gasteiger partial charge in [-0.05, 0) is 35.4 Å². The van der Waals surface area contributed by atoms with Crippen molar-refractivity contribution in [2.75, 3.05) is 11.4 Å². The first kappa shape index (κ1) is 15.7. The number of hydrogen-bond donors (Lipinski definition) is 0. The fourth-order valence-electron chi connectivity index (χ4n) is 3.98. The monoisotopic (exact) mass is 361 g/mol. The molecule has 26 heavy (non-hydrogen) atoms. The molecule has 0 unspecified atom stereocenters. The first-order valence-electron chi connectivity index (χ1n) is 9.02. The number of benzene rings is 1. The molecule has 1 atom stereocenters. The van der Waals surface area contributed by atoms with Gasteiger partial charge in [0.15, 0.2) is 5.78 Å². The highest BCUT2D eigenvalue weighted by Crippen LogP contribution is 2.34. The van der Waals surface area contributed by atoms with Crippen LogP contribution in [0.4, 0.5) is 5.95 Å². The molecule has 1 aromatic carbocycles. The van der Waals surface area contributed by atoms with Crippen molar-refractivity contribution in [3.63, 3.8) is 0 Å². The Kier molecular flexibility index (Phi) is 3.82. The van der Waals surface area contributed by atoms with Crippen molar-refractivity contribution in [1.29, 1.82) is 0 Å². The lowest BCUT2D eigenvalue weighted by molar-refractivity contribution is 0.0963. The van der Waals surface area contributed by atoms with Crippen molar-refractivity contribution in [2.45, 2.75) is 31.7 Å². The molecular weight excluding hydrogens is 342 g/mol. The smallest absolute Gasteiger partial charge is 0.225 e. The highest BCUT2D eigenvalue weighted by atomic mass is 32.1. The van der Waals surface area contributed by atoms with E-state index in [1.807, 2.05) is 0 Å². The number of rotatable bonds is 2. The van der Waals surface area contributed by atoms with Crippen LogP contribution in [0.15, 0.2) is 48.0 Å². The Hall–Kier alpha value is -2.53. The predicted molar refractivity (Wildman–Crippen MR) is 103 cm³/mol. The van der Waals surface area contributed by atoms with E-state index in [1.54, 1.807) is 17.5 Å².